The first kappa shape index (κ1) is 17.9. The van der Waals surface area contributed by atoms with Crippen LogP contribution in [0.1, 0.15) is 24.0 Å². The average Bonchev–Trinajstić information content (AvgIpc) is 2.89. The van der Waals surface area contributed by atoms with E-state index in [9.17, 15) is 13.2 Å². The van der Waals surface area contributed by atoms with Gasteiger partial charge in [-0.3, -0.25) is 4.79 Å². The highest BCUT2D eigenvalue weighted by atomic mass is 35.5. The summed E-state index contributed by atoms with van der Waals surface area (Å²) >= 11 is 0. The lowest BCUT2D eigenvalue weighted by Crippen LogP contribution is -2.40. The zero-order valence-electron chi connectivity index (χ0n) is 12.0. The van der Waals surface area contributed by atoms with Crippen LogP contribution < -0.4 is 10.6 Å². The Kier molecular flexibility index (Phi) is 6.64. The molecule has 1 atom stereocenters. The second-order valence-corrected chi connectivity index (χ2v) is 7.35. The minimum absolute atomic E-state index is 0. The van der Waals surface area contributed by atoms with Crippen molar-refractivity contribution < 1.29 is 13.2 Å². The normalized spacial score (nSPS) is 18.0. The Bertz CT molecular complexity index is 584. The fraction of sp³-hybridized carbons (Fsp3) is 0.500. The number of amides is 1. The molecule has 0 radical (unpaired) electrons. The molecule has 0 spiro atoms. The van der Waals surface area contributed by atoms with Crippen LogP contribution in [0.2, 0.25) is 0 Å². The van der Waals surface area contributed by atoms with Gasteiger partial charge in [0.25, 0.3) is 0 Å². The van der Waals surface area contributed by atoms with Crippen molar-refractivity contribution in [3.8, 4) is 0 Å². The number of benzene rings is 1. The zero-order valence-corrected chi connectivity index (χ0v) is 13.6. The van der Waals surface area contributed by atoms with Crippen molar-refractivity contribution in [2.45, 2.75) is 31.2 Å². The molecule has 7 heteroatoms. The van der Waals surface area contributed by atoms with Crippen LogP contribution in [-0.4, -0.2) is 33.2 Å². The van der Waals surface area contributed by atoms with Gasteiger partial charge in [-0.1, -0.05) is 24.3 Å². The fourth-order valence-electron chi connectivity index (χ4n) is 2.37. The van der Waals surface area contributed by atoms with Gasteiger partial charge in [-0.25, -0.2) is 8.42 Å². The molecule has 0 saturated carbocycles. The fourth-order valence-corrected chi connectivity index (χ4v) is 3.21. The Labute approximate surface area is 131 Å². The van der Waals surface area contributed by atoms with Crippen molar-refractivity contribution in [1.82, 2.24) is 10.6 Å². The Morgan fingerprint density at radius 1 is 1.33 bits per heavy atom. The molecule has 0 aliphatic carbocycles. The number of sulfone groups is 1. The van der Waals surface area contributed by atoms with Gasteiger partial charge in [0.05, 0.1) is 11.8 Å². The highest BCUT2D eigenvalue weighted by molar-refractivity contribution is 7.89. The molecule has 5 nitrogen and oxygen atoms in total. The van der Waals surface area contributed by atoms with Crippen LogP contribution in [0, 0.1) is 0 Å². The Balaban J connectivity index is 0.00000220. The van der Waals surface area contributed by atoms with Crippen LogP contribution in [-0.2, 0) is 26.9 Å². The molecule has 0 bridgehead atoms. The first-order valence-electron chi connectivity index (χ1n) is 6.71. The highest BCUT2D eigenvalue weighted by Gasteiger charge is 2.21. The maximum atomic E-state index is 11.9. The summed E-state index contributed by atoms with van der Waals surface area (Å²) in [7, 11) is -3.08. The predicted octanol–water partition coefficient (Wildman–Crippen LogP) is 1.02. The smallest absolute Gasteiger partial charge is 0.237 e. The first-order chi connectivity index (χ1) is 9.46. The summed E-state index contributed by atoms with van der Waals surface area (Å²) in [5.74, 6) is -0.0163. The van der Waals surface area contributed by atoms with Gasteiger partial charge in [-0.2, -0.15) is 0 Å². The molecule has 1 aliphatic heterocycles. The summed E-state index contributed by atoms with van der Waals surface area (Å²) in [5.41, 5.74) is 1.60. The summed E-state index contributed by atoms with van der Waals surface area (Å²) in [6.07, 6.45) is 3.09. The average molecular weight is 333 g/mol. The second-order valence-electron chi connectivity index (χ2n) is 5.21. The number of nitrogens with one attached hydrogen (secondary N) is 2. The van der Waals surface area contributed by atoms with Gasteiger partial charge in [0.2, 0.25) is 5.91 Å². The lowest BCUT2D eigenvalue weighted by Gasteiger charge is -2.13. The highest BCUT2D eigenvalue weighted by Crippen LogP contribution is 2.12. The minimum Gasteiger partial charge on any atom is -0.351 e. The van der Waals surface area contributed by atoms with E-state index in [2.05, 4.69) is 10.6 Å². The summed E-state index contributed by atoms with van der Waals surface area (Å²) in [6, 6.07) is 7.18. The van der Waals surface area contributed by atoms with E-state index in [0.717, 1.165) is 30.5 Å². The van der Waals surface area contributed by atoms with E-state index >= 15 is 0 Å². The van der Waals surface area contributed by atoms with Gasteiger partial charge in [0, 0.05) is 12.8 Å². The van der Waals surface area contributed by atoms with E-state index < -0.39 is 9.84 Å². The number of hydrogen-bond donors (Lipinski definition) is 2. The predicted molar refractivity (Wildman–Crippen MR) is 85.1 cm³/mol. The molecule has 0 aromatic heterocycles. The first-order valence-corrected chi connectivity index (χ1v) is 8.77. The number of rotatable bonds is 5. The molecule has 1 aromatic rings. The van der Waals surface area contributed by atoms with E-state index in [1.165, 1.54) is 6.26 Å². The Morgan fingerprint density at radius 3 is 2.57 bits per heavy atom. The van der Waals surface area contributed by atoms with E-state index in [-0.39, 0.29) is 30.1 Å². The van der Waals surface area contributed by atoms with Crippen molar-refractivity contribution in [1.29, 1.82) is 0 Å². The molecule has 1 amide bonds. The monoisotopic (exact) mass is 332 g/mol. The molecule has 1 aromatic carbocycles. The molecule has 1 heterocycles. The molecule has 1 unspecified atom stereocenters. The second kappa shape index (κ2) is 7.77. The maximum absolute atomic E-state index is 11.9. The van der Waals surface area contributed by atoms with Crippen LogP contribution in [0.3, 0.4) is 0 Å². The van der Waals surface area contributed by atoms with Crippen LogP contribution in [0.25, 0.3) is 0 Å². The number of carbonyl (C=O) groups is 1. The van der Waals surface area contributed by atoms with Crippen LogP contribution in [0.15, 0.2) is 24.3 Å². The van der Waals surface area contributed by atoms with E-state index in [1.807, 2.05) is 18.2 Å². The largest absolute Gasteiger partial charge is 0.351 e. The molecular formula is C14H21ClN2O3S. The van der Waals surface area contributed by atoms with E-state index in [4.69, 9.17) is 0 Å². The van der Waals surface area contributed by atoms with Crippen LogP contribution in [0.5, 0.6) is 0 Å². The summed E-state index contributed by atoms with van der Waals surface area (Å²) < 4.78 is 22.8. The van der Waals surface area contributed by atoms with Crippen molar-refractivity contribution in [3.63, 3.8) is 0 Å². The van der Waals surface area contributed by atoms with Gasteiger partial charge < -0.3 is 10.6 Å². The van der Waals surface area contributed by atoms with E-state index in [0.29, 0.717) is 6.54 Å². The van der Waals surface area contributed by atoms with Crippen molar-refractivity contribution >= 4 is 28.2 Å². The molecule has 1 fully saturated rings. The Morgan fingerprint density at radius 2 is 2.00 bits per heavy atom. The SMILES string of the molecule is CS(=O)(=O)Cc1ccccc1CNC(=O)C1CCCN1.Cl. The summed E-state index contributed by atoms with van der Waals surface area (Å²) in [4.78, 5) is 11.9. The topological polar surface area (TPSA) is 75.3 Å². The van der Waals surface area contributed by atoms with Gasteiger partial charge in [0.15, 0.2) is 9.84 Å². The lowest BCUT2D eigenvalue weighted by atomic mass is 10.1. The molecule has 2 N–H and O–H groups in total. The molecular weight excluding hydrogens is 312 g/mol. The molecule has 1 saturated heterocycles. The van der Waals surface area contributed by atoms with Crippen LogP contribution >= 0.6 is 12.4 Å². The number of halogens is 1. The van der Waals surface area contributed by atoms with Crippen molar-refractivity contribution in [2.24, 2.45) is 0 Å². The standard InChI is InChI=1S/C14H20N2O3S.ClH/c1-20(18,19)10-12-6-3-2-5-11(12)9-16-14(17)13-7-4-8-15-13;/h2-3,5-6,13,15H,4,7-10H2,1H3,(H,16,17);1H. The van der Waals surface area contributed by atoms with Gasteiger partial charge in [-0.15, -0.1) is 12.4 Å². The quantitative estimate of drug-likeness (QED) is 0.844. The summed E-state index contributed by atoms with van der Waals surface area (Å²) in [5, 5.41) is 6.01. The van der Waals surface area contributed by atoms with Crippen LogP contribution in [0.4, 0.5) is 0 Å². The number of carbonyl (C=O) groups excluding carboxylic acids is 1. The minimum atomic E-state index is -3.08. The lowest BCUT2D eigenvalue weighted by molar-refractivity contribution is -0.122. The maximum Gasteiger partial charge on any atom is 0.237 e. The zero-order chi connectivity index (χ0) is 14.6. The third-order valence-electron chi connectivity index (χ3n) is 3.37. The van der Waals surface area contributed by atoms with Crippen molar-refractivity contribution in [3.05, 3.63) is 35.4 Å². The van der Waals surface area contributed by atoms with E-state index in [1.54, 1.807) is 6.07 Å². The molecule has 21 heavy (non-hydrogen) atoms. The summed E-state index contributed by atoms with van der Waals surface area (Å²) in [6.45, 7) is 1.24. The third-order valence-corrected chi connectivity index (χ3v) is 4.20. The number of hydrogen-bond acceptors (Lipinski definition) is 4. The van der Waals surface area contributed by atoms with Gasteiger partial charge in [0.1, 0.15) is 0 Å². The van der Waals surface area contributed by atoms with Gasteiger partial charge in [-0.05, 0) is 30.5 Å². The molecule has 118 valence electrons. The van der Waals surface area contributed by atoms with Gasteiger partial charge >= 0.3 is 0 Å². The Hall–Kier alpha value is -1.11. The molecule has 2 rings (SSSR count). The molecule has 1 aliphatic rings. The van der Waals surface area contributed by atoms with Crippen molar-refractivity contribution in [2.75, 3.05) is 12.8 Å². The third kappa shape index (κ3) is 5.65.